The van der Waals surface area contributed by atoms with Crippen LogP contribution in [0.3, 0.4) is 0 Å². The number of fused-ring (bicyclic) bond motifs is 1. The van der Waals surface area contributed by atoms with Gasteiger partial charge in [0.2, 0.25) is 0 Å². The molecule has 0 aromatic carbocycles. The normalized spacial score (nSPS) is 45.8. The smallest absolute Gasteiger partial charge is 0.0926 e. The molecule has 2 aliphatic rings. The van der Waals surface area contributed by atoms with E-state index in [1.807, 2.05) is 0 Å². The van der Waals surface area contributed by atoms with Crippen molar-refractivity contribution in [2.45, 2.75) is 37.5 Å². The van der Waals surface area contributed by atoms with Crippen LogP contribution in [0.1, 0.15) is 19.3 Å². The lowest BCUT2D eigenvalue weighted by molar-refractivity contribution is -0.0501. The zero-order valence-electron chi connectivity index (χ0n) is 6.61. The molecular formula is C8H15NO2. The average Bonchev–Trinajstić information content (AvgIpc) is 2.36. The predicted octanol–water partition coefficient (Wildman–Crippen LogP) is -0.424. The van der Waals surface area contributed by atoms with E-state index in [1.165, 1.54) is 12.8 Å². The zero-order valence-corrected chi connectivity index (χ0v) is 6.61. The van der Waals surface area contributed by atoms with Crippen LogP contribution in [0.4, 0.5) is 0 Å². The van der Waals surface area contributed by atoms with E-state index in [0.717, 1.165) is 13.0 Å². The Hall–Kier alpha value is -0.120. The van der Waals surface area contributed by atoms with Gasteiger partial charge in [-0.25, -0.2) is 0 Å². The molecule has 0 aromatic heterocycles. The summed E-state index contributed by atoms with van der Waals surface area (Å²) in [4.78, 5) is 2.29. The lowest BCUT2D eigenvalue weighted by Gasteiger charge is -2.35. The summed E-state index contributed by atoms with van der Waals surface area (Å²) in [7, 11) is 0. The molecule has 3 nitrogen and oxygen atoms in total. The fourth-order valence-corrected chi connectivity index (χ4v) is 2.20. The van der Waals surface area contributed by atoms with E-state index in [9.17, 15) is 10.2 Å². The first-order valence-corrected chi connectivity index (χ1v) is 4.37. The largest absolute Gasteiger partial charge is 0.390 e. The third kappa shape index (κ3) is 1.28. The second-order valence-electron chi connectivity index (χ2n) is 3.66. The van der Waals surface area contributed by atoms with Gasteiger partial charge in [-0.2, -0.15) is 0 Å². The van der Waals surface area contributed by atoms with Crippen LogP contribution in [0.2, 0.25) is 0 Å². The van der Waals surface area contributed by atoms with Gasteiger partial charge in [0.15, 0.2) is 0 Å². The summed E-state index contributed by atoms with van der Waals surface area (Å²) in [5, 5.41) is 18.7. The SMILES string of the molecule is O[C@@H]1C[C@@H]2CCCN2C[C@@H]1O. The van der Waals surface area contributed by atoms with Gasteiger partial charge in [-0.1, -0.05) is 0 Å². The molecule has 11 heavy (non-hydrogen) atoms. The van der Waals surface area contributed by atoms with Gasteiger partial charge >= 0.3 is 0 Å². The molecule has 3 heteroatoms. The standard InChI is InChI=1S/C8H15NO2/c10-7-4-6-2-1-3-9(6)5-8(7)11/h6-8,10-11H,1-5H2/t6-,7+,8-/m0/s1. The maximum absolute atomic E-state index is 9.35. The van der Waals surface area contributed by atoms with Crippen LogP contribution in [0.5, 0.6) is 0 Å². The number of aliphatic hydroxyl groups is 2. The summed E-state index contributed by atoms with van der Waals surface area (Å²) in [6.07, 6.45) is 2.20. The highest BCUT2D eigenvalue weighted by Gasteiger charge is 2.35. The van der Waals surface area contributed by atoms with Gasteiger partial charge in [-0.05, 0) is 25.8 Å². The Bertz CT molecular complexity index is 135. The molecule has 2 rings (SSSR count). The molecule has 3 atom stereocenters. The average molecular weight is 157 g/mol. The van der Waals surface area contributed by atoms with E-state index in [0.29, 0.717) is 12.6 Å². The van der Waals surface area contributed by atoms with E-state index in [-0.39, 0.29) is 0 Å². The minimum Gasteiger partial charge on any atom is -0.390 e. The Morgan fingerprint density at radius 2 is 2.00 bits per heavy atom. The molecular weight excluding hydrogens is 142 g/mol. The molecule has 0 saturated carbocycles. The lowest BCUT2D eigenvalue weighted by Crippen LogP contribution is -2.49. The Labute approximate surface area is 66.6 Å². The van der Waals surface area contributed by atoms with Crippen molar-refractivity contribution in [3.8, 4) is 0 Å². The minimum atomic E-state index is -0.510. The van der Waals surface area contributed by atoms with Crippen LogP contribution in [-0.4, -0.2) is 46.5 Å². The minimum absolute atomic E-state index is 0.477. The molecule has 64 valence electrons. The summed E-state index contributed by atoms with van der Waals surface area (Å²) in [5.74, 6) is 0. The van der Waals surface area contributed by atoms with Gasteiger partial charge in [0.05, 0.1) is 12.2 Å². The van der Waals surface area contributed by atoms with Crippen molar-refractivity contribution in [1.82, 2.24) is 4.90 Å². The van der Waals surface area contributed by atoms with Crippen LogP contribution >= 0.6 is 0 Å². The number of hydrogen-bond acceptors (Lipinski definition) is 3. The fraction of sp³-hybridized carbons (Fsp3) is 1.00. The van der Waals surface area contributed by atoms with Crippen molar-refractivity contribution in [3.05, 3.63) is 0 Å². The van der Waals surface area contributed by atoms with Gasteiger partial charge in [0.25, 0.3) is 0 Å². The second kappa shape index (κ2) is 2.73. The molecule has 0 bridgehead atoms. The molecule has 0 aromatic rings. The van der Waals surface area contributed by atoms with E-state index >= 15 is 0 Å². The van der Waals surface area contributed by atoms with Gasteiger partial charge < -0.3 is 10.2 Å². The first kappa shape index (κ1) is 7.53. The molecule has 2 saturated heterocycles. The van der Waals surface area contributed by atoms with Crippen LogP contribution in [0.15, 0.2) is 0 Å². The van der Waals surface area contributed by atoms with E-state index in [1.54, 1.807) is 0 Å². The molecule has 0 radical (unpaired) electrons. The van der Waals surface area contributed by atoms with Crippen molar-refractivity contribution in [2.75, 3.05) is 13.1 Å². The highest BCUT2D eigenvalue weighted by molar-refractivity contribution is 4.90. The predicted molar refractivity (Wildman–Crippen MR) is 41.2 cm³/mol. The molecule has 2 aliphatic heterocycles. The maximum atomic E-state index is 9.35. The monoisotopic (exact) mass is 157 g/mol. The van der Waals surface area contributed by atoms with Crippen molar-refractivity contribution >= 4 is 0 Å². The molecule has 0 spiro atoms. The Morgan fingerprint density at radius 1 is 1.18 bits per heavy atom. The summed E-state index contributed by atoms with van der Waals surface area (Å²) < 4.78 is 0. The van der Waals surface area contributed by atoms with Crippen molar-refractivity contribution in [3.63, 3.8) is 0 Å². The highest BCUT2D eigenvalue weighted by Crippen LogP contribution is 2.26. The van der Waals surface area contributed by atoms with E-state index < -0.39 is 12.2 Å². The highest BCUT2D eigenvalue weighted by atomic mass is 16.3. The Kier molecular flexibility index (Phi) is 1.87. The molecule has 2 heterocycles. The number of rotatable bonds is 0. The zero-order chi connectivity index (χ0) is 7.84. The second-order valence-corrected chi connectivity index (χ2v) is 3.66. The summed E-state index contributed by atoms with van der Waals surface area (Å²) >= 11 is 0. The summed E-state index contributed by atoms with van der Waals surface area (Å²) in [5.41, 5.74) is 0. The number of piperidine rings is 1. The van der Waals surface area contributed by atoms with Crippen molar-refractivity contribution in [1.29, 1.82) is 0 Å². The lowest BCUT2D eigenvalue weighted by atomic mass is 9.98. The number of aliphatic hydroxyl groups excluding tert-OH is 2. The Balaban J connectivity index is 2.00. The van der Waals surface area contributed by atoms with Crippen LogP contribution in [-0.2, 0) is 0 Å². The van der Waals surface area contributed by atoms with Gasteiger partial charge in [-0.15, -0.1) is 0 Å². The molecule has 2 fully saturated rings. The first-order chi connectivity index (χ1) is 5.27. The number of nitrogens with zero attached hydrogens (tertiary/aromatic N) is 1. The van der Waals surface area contributed by atoms with Crippen molar-refractivity contribution in [2.24, 2.45) is 0 Å². The van der Waals surface area contributed by atoms with Gasteiger partial charge in [-0.3, -0.25) is 4.90 Å². The van der Waals surface area contributed by atoms with Crippen LogP contribution in [0.25, 0.3) is 0 Å². The van der Waals surface area contributed by atoms with E-state index in [4.69, 9.17) is 0 Å². The third-order valence-electron chi connectivity index (χ3n) is 2.88. The molecule has 0 unspecified atom stereocenters. The Morgan fingerprint density at radius 3 is 2.82 bits per heavy atom. The van der Waals surface area contributed by atoms with Gasteiger partial charge in [0.1, 0.15) is 0 Å². The quantitative estimate of drug-likeness (QED) is 0.502. The fourth-order valence-electron chi connectivity index (χ4n) is 2.20. The van der Waals surface area contributed by atoms with Crippen LogP contribution < -0.4 is 0 Å². The third-order valence-corrected chi connectivity index (χ3v) is 2.88. The first-order valence-electron chi connectivity index (χ1n) is 4.37. The van der Waals surface area contributed by atoms with Gasteiger partial charge in [0, 0.05) is 12.6 Å². The topological polar surface area (TPSA) is 43.7 Å². The van der Waals surface area contributed by atoms with Crippen molar-refractivity contribution < 1.29 is 10.2 Å². The molecule has 0 aliphatic carbocycles. The van der Waals surface area contributed by atoms with Crippen LogP contribution in [0, 0.1) is 0 Å². The maximum Gasteiger partial charge on any atom is 0.0926 e. The summed E-state index contributed by atoms with van der Waals surface area (Å²) in [6, 6.07) is 0.549. The summed E-state index contributed by atoms with van der Waals surface area (Å²) in [6.45, 7) is 1.78. The molecule has 2 N–H and O–H groups in total. The molecule has 0 amide bonds. The van der Waals surface area contributed by atoms with E-state index in [2.05, 4.69) is 4.90 Å². The number of hydrogen-bond donors (Lipinski definition) is 2.